The van der Waals surface area contributed by atoms with E-state index in [1.54, 1.807) is 12.1 Å². The Labute approximate surface area is 240 Å². The summed E-state index contributed by atoms with van der Waals surface area (Å²) in [5, 5.41) is 11.7. The van der Waals surface area contributed by atoms with Crippen LogP contribution in [0.1, 0.15) is 28.4 Å². The number of thiocarbonyl (C=S) groups is 1. The first-order valence-electron chi connectivity index (χ1n) is 11.3. The third-order valence-electron chi connectivity index (χ3n) is 5.42. The van der Waals surface area contributed by atoms with Crippen LogP contribution in [0.15, 0.2) is 75.2 Å². The normalized spacial score (nSPS) is 14.4. The maximum absolute atomic E-state index is 13.4. The van der Waals surface area contributed by atoms with Gasteiger partial charge in [-0.1, -0.05) is 50.1 Å². The SMILES string of the molecule is CCOc1cc(C=C2C(=O)NC(=S)N(c3cccc(C(=O)O)c3)C2=O)c(Br)cc1OCc1ccc(Br)cc1. The third kappa shape index (κ3) is 6.12. The number of hydrogen-bond donors (Lipinski definition) is 2. The Bertz CT molecular complexity index is 1470. The molecule has 0 spiro atoms. The Morgan fingerprint density at radius 3 is 2.45 bits per heavy atom. The number of amides is 2. The first-order chi connectivity index (χ1) is 18.2. The summed E-state index contributed by atoms with van der Waals surface area (Å²) < 4.78 is 13.3. The minimum absolute atomic E-state index is 0.0247. The maximum atomic E-state index is 13.4. The van der Waals surface area contributed by atoms with E-state index in [1.807, 2.05) is 31.2 Å². The molecule has 1 fully saturated rings. The highest BCUT2D eigenvalue weighted by atomic mass is 79.9. The molecule has 38 heavy (non-hydrogen) atoms. The van der Waals surface area contributed by atoms with Crippen LogP contribution in [0.2, 0.25) is 0 Å². The van der Waals surface area contributed by atoms with Gasteiger partial charge in [0.25, 0.3) is 11.8 Å². The van der Waals surface area contributed by atoms with Crippen molar-refractivity contribution in [2.24, 2.45) is 0 Å². The van der Waals surface area contributed by atoms with Gasteiger partial charge in [0, 0.05) is 8.95 Å². The summed E-state index contributed by atoms with van der Waals surface area (Å²) in [5.74, 6) is -1.61. The van der Waals surface area contributed by atoms with Crippen molar-refractivity contribution >= 4 is 78.7 Å². The Morgan fingerprint density at radius 1 is 1.05 bits per heavy atom. The number of carboxylic acid groups (broad SMARTS) is 1. The minimum atomic E-state index is -1.16. The molecular formula is C27H20Br2N2O6S. The van der Waals surface area contributed by atoms with Crippen molar-refractivity contribution in [1.29, 1.82) is 0 Å². The number of nitrogens with one attached hydrogen (secondary N) is 1. The van der Waals surface area contributed by atoms with Crippen LogP contribution in [0.5, 0.6) is 11.5 Å². The molecule has 0 aliphatic carbocycles. The van der Waals surface area contributed by atoms with Crippen molar-refractivity contribution in [2.75, 3.05) is 11.5 Å². The van der Waals surface area contributed by atoms with Crippen LogP contribution in [0, 0.1) is 0 Å². The molecule has 1 aliphatic heterocycles. The van der Waals surface area contributed by atoms with Gasteiger partial charge in [-0.05, 0) is 78.8 Å². The van der Waals surface area contributed by atoms with Crippen molar-refractivity contribution in [2.45, 2.75) is 13.5 Å². The molecular weight excluding hydrogens is 640 g/mol. The zero-order valence-electron chi connectivity index (χ0n) is 19.9. The van der Waals surface area contributed by atoms with Gasteiger partial charge in [-0.25, -0.2) is 4.79 Å². The monoisotopic (exact) mass is 658 g/mol. The molecule has 0 atom stereocenters. The zero-order chi connectivity index (χ0) is 27.4. The van der Waals surface area contributed by atoms with E-state index in [-0.39, 0.29) is 21.9 Å². The fraction of sp³-hybridized carbons (Fsp3) is 0.111. The summed E-state index contributed by atoms with van der Waals surface area (Å²) in [4.78, 5) is 38.6. The average molecular weight is 660 g/mol. The number of hydrogen-bond acceptors (Lipinski definition) is 6. The first kappa shape index (κ1) is 27.5. The summed E-state index contributed by atoms with van der Waals surface area (Å²) in [6.07, 6.45) is 1.42. The quantitative estimate of drug-likeness (QED) is 0.181. The number of anilines is 1. The lowest BCUT2D eigenvalue weighted by Gasteiger charge is -2.29. The van der Waals surface area contributed by atoms with Crippen molar-refractivity contribution in [3.05, 3.63) is 91.9 Å². The van der Waals surface area contributed by atoms with E-state index in [0.29, 0.717) is 34.7 Å². The molecule has 4 rings (SSSR count). The van der Waals surface area contributed by atoms with E-state index in [1.165, 1.54) is 30.3 Å². The van der Waals surface area contributed by atoms with Gasteiger partial charge in [0.05, 0.1) is 17.9 Å². The van der Waals surface area contributed by atoms with Gasteiger partial charge in [0.1, 0.15) is 12.2 Å². The fourth-order valence-corrected chi connectivity index (χ4v) is 4.59. The largest absolute Gasteiger partial charge is 0.490 e. The minimum Gasteiger partial charge on any atom is -0.490 e. The molecule has 1 aliphatic rings. The molecule has 1 saturated heterocycles. The maximum Gasteiger partial charge on any atom is 0.335 e. The van der Waals surface area contributed by atoms with Crippen LogP contribution in [-0.4, -0.2) is 34.6 Å². The summed E-state index contributed by atoms with van der Waals surface area (Å²) in [5.41, 5.74) is 1.46. The van der Waals surface area contributed by atoms with Crippen LogP contribution in [-0.2, 0) is 16.2 Å². The Hall–Kier alpha value is -3.54. The zero-order valence-corrected chi connectivity index (χ0v) is 23.9. The number of halogens is 2. The molecule has 3 aromatic carbocycles. The Morgan fingerprint density at radius 2 is 1.76 bits per heavy atom. The van der Waals surface area contributed by atoms with Gasteiger partial charge in [-0.15, -0.1) is 0 Å². The second-order valence-electron chi connectivity index (χ2n) is 7.98. The topological polar surface area (TPSA) is 105 Å². The highest BCUT2D eigenvalue weighted by molar-refractivity contribution is 9.10. The van der Waals surface area contributed by atoms with Gasteiger partial charge >= 0.3 is 5.97 Å². The molecule has 0 aromatic heterocycles. The van der Waals surface area contributed by atoms with E-state index in [2.05, 4.69) is 37.2 Å². The number of aromatic carboxylic acids is 1. The molecule has 11 heteroatoms. The number of ether oxygens (including phenoxy) is 2. The predicted octanol–water partition coefficient (Wildman–Crippen LogP) is 5.72. The van der Waals surface area contributed by atoms with Crippen molar-refractivity contribution in [1.82, 2.24) is 5.32 Å². The Balaban J connectivity index is 1.66. The van der Waals surface area contributed by atoms with Gasteiger partial charge < -0.3 is 14.6 Å². The van der Waals surface area contributed by atoms with Crippen LogP contribution >= 0.6 is 44.1 Å². The van der Waals surface area contributed by atoms with Crippen molar-refractivity contribution in [3.8, 4) is 11.5 Å². The molecule has 2 amide bonds. The van der Waals surface area contributed by atoms with Gasteiger partial charge in [-0.2, -0.15) is 0 Å². The van der Waals surface area contributed by atoms with Crippen LogP contribution in [0.25, 0.3) is 6.08 Å². The summed E-state index contributed by atoms with van der Waals surface area (Å²) in [6.45, 7) is 2.51. The number of benzene rings is 3. The second-order valence-corrected chi connectivity index (χ2v) is 10.1. The Kier molecular flexibility index (Phi) is 8.60. The van der Waals surface area contributed by atoms with E-state index in [9.17, 15) is 19.5 Å². The smallest absolute Gasteiger partial charge is 0.335 e. The lowest BCUT2D eigenvalue weighted by Crippen LogP contribution is -2.54. The van der Waals surface area contributed by atoms with Crippen LogP contribution in [0.3, 0.4) is 0 Å². The molecule has 1 heterocycles. The number of nitrogens with zero attached hydrogens (tertiary/aromatic N) is 1. The number of rotatable bonds is 8. The molecule has 8 nitrogen and oxygen atoms in total. The molecule has 194 valence electrons. The standard InChI is InChI=1S/C27H20Br2N2O6S/c1-2-36-22-12-17(21(29)13-23(22)37-14-15-6-8-18(28)9-7-15)11-20-24(32)30-27(38)31(25(20)33)19-5-3-4-16(10-19)26(34)35/h3-13H,2,14H2,1H3,(H,34,35)(H,30,32,38). The van der Waals surface area contributed by atoms with E-state index in [4.69, 9.17) is 21.7 Å². The summed E-state index contributed by atoms with van der Waals surface area (Å²) in [7, 11) is 0. The van der Waals surface area contributed by atoms with Gasteiger partial charge in [0.15, 0.2) is 16.6 Å². The molecule has 0 unspecified atom stereocenters. The molecule has 0 bridgehead atoms. The van der Waals surface area contributed by atoms with Gasteiger partial charge in [0.2, 0.25) is 0 Å². The average Bonchev–Trinajstić information content (AvgIpc) is 2.88. The number of carbonyl (C=O) groups is 3. The van der Waals surface area contributed by atoms with Crippen LogP contribution in [0.4, 0.5) is 5.69 Å². The third-order valence-corrected chi connectivity index (χ3v) is 6.92. The lowest BCUT2D eigenvalue weighted by atomic mass is 10.1. The van der Waals surface area contributed by atoms with Crippen molar-refractivity contribution in [3.63, 3.8) is 0 Å². The highest BCUT2D eigenvalue weighted by Gasteiger charge is 2.35. The van der Waals surface area contributed by atoms with Crippen LogP contribution < -0.4 is 19.7 Å². The predicted molar refractivity (Wildman–Crippen MR) is 153 cm³/mol. The molecule has 2 N–H and O–H groups in total. The lowest BCUT2D eigenvalue weighted by molar-refractivity contribution is -0.122. The number of carbonyl (C=O) groups excluding carboxylic acids is 2. The molecule has 0 saturated carbocycles. The molecule has 0 radical (unpaired) electrons. The first-order valence-corrected chi connectivity index (χ1v) is 13.3. The fourth-order valence-electron chi connectivity index (χ4n) is 3.61. The summed E-state index contributed by atoms with van der Waals surface area (Å²) >= 11 is 12.1. The molecule has 3 aromatic rings. The number of carboxylic acids is 1. The second kappa shape index (κ2) is 11.9. The van der Waals surface area contributed by atoms with Gasteiger partial charge in [-0.3, -0.25) is 19.8 Å². The highest BCUT2D eigenvalue weighted by Crippen LogP contribution is 2.36. The van der Waals surface area contributed by atoms with E-state index in [0.717, 1.165) is 14.9 Å². The summed E-state index contributed by atoms with van der Waals surface area (Å²) in [6, 6.07) is 16.8. The van der Waals surface area contributed by atoms with Crippen molar-refractivity contribution < 1.29 is 29.0 Å². The van der Waals surface area contributed by atoms with E-state index < -0.39 is 17.8 Å². The van der Waals surface area contributed by atoms with E-state index >= 15 is 0 Å².